The van der Waals surface area contributed by atoms with Gasteiger partial charge < -0.3 is 15.0 Å². The van der Waals surface area contributed by atoms with Gasteiger partial charge in [-0.3, -0.25) is 4.79 Å². The van der Waals surface area contributed by atoms with Crippen LogP contribution in [0.25, 0.3) is 0 Å². The SMILES string of the molecule is C[C@@H](Oc1ccc2c(c1)CCCC2)C(=O)NCc1ccc(N2CCCC2)cc1. The van der Waals surface area contributed by atoms with Gasteiger partial charge in [0.25, 0.3) is 5.91 Å². The Balaban J connectivity index is 1.28. The monoisotopic (exact) mass is 378 g/mol. The number of hydrogen-bond acceptors (Lipinski definition) is 3. The van der Waals surface area contributed by atoms with Crippen molar-refractivity contribution < 1.29 is 9.53 Å². The van der Waals surface area contributed by atoms with Gasteiger partial charge in [-0.15, -0.1) is 0 Å². The molecule has 0 aromatic heterocycles. The van der Waals surface area contributed by atoms with Crippen molar-refractivity contribution in [2.45, 2.75) is 58.1 Å². The Hall–Kier alpha value is -2.49. The zero-order valence-corrected chi connectivity index (χ0v) is 16.7. The van der Waals surface area contributed by atoms with Crippen LogP contribution in [-0.2, 0) is 24.2 Å². The quantitative estimate of drug-likeness (QED) is 0.817. The summed E-state index contributed by atoms with van der Waals surface area (Å²) in [6.45, 7) is 4.63. The summed E-state index contributed by atoms with van der Waals surface area (Å²) >= 11 is 0. The highest BCUT2D eigenvalue weighted by Crippen LogP contribution is 2.26. The van der Waals surface area contributed by atoms with Crippen molar-refractivity contribution in [2.24, 2.45) is 0 Å². The number of benzene rings is 2. The molecule has 1 aliphatic heterocycles. The normalized spacial score (nSPS) is 17.1. The first-order valence-electron chi connectivity index (χ1n) is 10.6. The molecule has 1 saturated heterocycles. The van der Waals surface area contributed by atoms with Gasteiger partial charge in [0.15, 0.2) is 6.10 Å². The molecule has 148 valence electrons. The van der Waals surface area contributed by atoms with Crippen LogP contribution < -0.4 is 15.0 Å². The van der Waals surface area contributed by atoms with E-state index in [9.17, 15) is 4.79 Å². The van der Waals surface area contributed by atoms with Crippen LogP contribution in [0.5, 0.6) is 5.75 Å². The summed E-state index contributed by atoms with van der Waals surface area (Å²) in [7, 11) is 0. The lowest BCUT2D eigenvalue weighted by Crippen LogP contribution is -2.35. The molecule has 1 N–H and O–H groups in total. The molecule has 0 saturated carbocycles. The third-order valence-electron chi connectivity index (χ3n) is 5.88. The number of hydrogen-bond donors (Lipinski definition) is 1. The molecular formula is C24H30N2O2. The molecule has 0 radical (unpaired) electrons. The van der Waals surface area contributed by atoms with E-state index in [1.807, 2.05) is 13.0 Å². The van der Waals surface area contributed by atoms with E-state index >= 15 is 0 Å². The Morgan fingerprint density at radius 2 is 1.71 bits per heavy atom. The third-order valence-corrected chi connectivity index (χ3v) is 5.88. The van der Waals surface area contributed by atoms with Crippen LogP contribution >= 0.6 is 0 Å². The molecular weight excluding hydrogens is 348 g/mol. The highest BCUT2D eigenvalue weighted by atomic mass is 16.5. The van der Waals surface area contributed by atoms with Crippen LogP contribution in [-0.4, -0.2) is 25.1 Å². The van der Waals surface area contributed by atoms with Crippen molar-refractivity contribution in [3.8, 4) is 5.75 Å². The van der Waals surface area contributed by atoms with Crippen LogP contribution in [0.1, 0.15) is 49.3 Å². The Morgan fingerprint density at radius 1 is 1.00 bits per heavy atom. The van der Waals surface area contributed by atoms with Gasteiger partial charge in [0, 0.05) is 25.3 Å². The number of nitrogens with zero attached hydrogens (tertiary/aromatic N) is 1. The Bertz CT molecular complexity index is 810. The number of nitrogens with one attached hydrogen (secondary N) is 1. The molecule has 1 fully saturated rings. The lowest BCUT2D eigenvalue weighted by molar-refractivity contribution is -0.127. The summed E-state index contributed by atoms with van der Waals surface area (Å²) in [5.74, 6) is 0.708. The average molecular weight is 379 g/mol. The van der Waals surface area contributed by atoms with Crippen LogP contribution in [0, 0.1) is 0 Å². The molecule has 1 aliphatic carbocycles. The molecule has 1 amide bonds. The van der Waals surface area contributed by atoms with Gasteiger partial charge in [0.05, 0.1) is 0 Å². The largest absolute Gasteiger partial charge is 0.481 e. The zero-order valence-electron chi connectivity index (χ0n) is 16.7. The van der Waals surface area contributed by atoms with Crippen LogP contribution in [0.2, 0.25) is 0 Å². The fourth-order valence-electron chi connectivity index (χ4n) is 4.17. The van der Waals surface area contributed by atoms with E-state index in [-0.39, 0.29) is 5.91 Å². The predicted octanol–water partition coefficient (Wildman–Crippen LogP) is 4.25. The maximum atomic E-state index is 12.4. The maximum absolute atomic E-state index is 12.4. The number of fused-ring (bicyclic) bond motifs is 1. The van der Waals surface area contributed by atoms with Crippen LogP contribution in [0.4, 0.5) is 5.69 Å². The summed E-state index contributed by atoms with van der Waals surface area (Å²) < 4.78 is 5.90. The second-order valence-corrected chi connectivity index (χ2v) is 7.98. The molecule has 4 nitrogen and oxygen atoms in total. The smallest absolute Gasteiger partial charge is 0.261 e. The minimum Gasteiger partial charge on any atom is -0.481 e. The van der Waals surface area contributed by atoms with E-state index in [1.165, 1.54) is 42.5 Å². The van der Waals surface area contributed by atoms with Gasteiger partial charge >= 0.3 is 0 Å². The van der Waals surface area contributed by atoms with Gasteiger partial charge in [-0.25, -0.2) is 0 Å². The minimum absolute atomic E-state index is 0.0821. The van der Waals surface area contributed by atoms with E-state index in [2.05, 4.69) is 46.6 Å². The Kier molecular flexibility index (Phi) is 5.84. The van der Waals surface area contributed by atoms with Crippen LogP contribution in [0.15, 0.2) is 42.5 Å². The van der Waals surface area contributed by atoms with Gasteiger partial charge in [-0.2, -0.15) is 0 Å². The number of anilines is 1. The molecule has 0 unspecified atom stereocenters. The number of amides is 1. The number of aryl methyl sites for hydroxylation is 2. The first-order chi connectivity index (χ1) is 13.7. The topological polar surface area (TPSA) is 41.6 Å². The van der Waals surface area contributed by atoms with Crippen molar-refractivity contribution >= 4 is 11.6 Å². The van der Waals surface area contributed by atoms with E-state index in [4.69, 9.17) is 4.74 Å². The maximum Gasteiger partial charge on any atom is 0.261 e. The highest BCUT2D eigenvalue weighted by molar-refractivity contribution is 5.80. The summed E-state index contributed by atoms with van der Waals surface area (Å²) in [5.41, 5.74) is 5.18. The summed E-state index contributed by atoms with van der Waals surface area (Å²) in [6, 6.07) is 14.8. The molecule has 28 heavy (non-hydrogen) atoms. The lowest BCUT2D eigenvalue weighted by Gasteiger charge is -2.19. The van der Waals surface area contributed by atoms with Gasteiger partial charge in [0.2, 0.25) is 0 Å². The average Bonchev–Trinajstić information content (AvgIpc) is 3.27. The van der Waals surface area contributed by atoms with Gasteiger partial charge in [0.1, 0.15) is 5.75 Å². The second-order valence-electron chi connectivity index (χ2n) is 7.98. The van der Waals surface area contributed by atoms with Crippen molar-refractivity contribution in [3.05, 3.63) is 59.2 Å². The number of ether oxygens (including phenoxy) is 1. The van der Waals surface area contributed by atoms with Gasteiger partial charge in [-0.05, 0) is 86.4 Å². The second kappa shape index (κ2) is 8.68. The molecule has 1 heterocycles. The predicted molar refractivity (Wildman–Crippen MR) is 113 cm³/mol. The van der Waals surface area contributed by atoms with Crippen molar-refractivity contribution in [2.75, 3.05) is 18.0 Å². The molecule has 2 aromatic carbocycles. The van der Waals surface area contributed by atoms with E-state index in [0.29, 0.717) is 6.54 Å². The first-order valence-corrected chi connectivity index (χ1v) is 10.6. The van der Waals surface area contributed by atoms with Gasteiger partial charge in [-0.1, -0.05) is 18.2 Å². The fourth-order valence-corrected chi connectivity index (χ4v) is 4.17. The summed E-state index contributed by atoms with van der Waals surface area (Å²) in [6.07, 6.45) is 6.82. The third kappa shape index (κ3) is 4.49. The van der Waals surface area contributed by atoms with Crippen LogP contribution in [0.3, 0.4) is 0 Å². The molecule has 2 aliphatic rings. The van der Waals surface area contributed by atoms with E-state index < -0.39 is 6.10 Å². The minimum atomic E-state index is -0.509. The van der Waals surface area contributed by atoms with Crippen molar-refractivity contribution in [1.29, 1.82) is 0 Å². The molecule has 0 spiro atoms. The molecule has 0 bridgehead atoms. The first kappa shape index (κ1) is 18.9. The van der Waals surface area contributed by atoms with Crippen molar-refractivity contribution in [1.82, 2.24) is 5.32 Å². The molecule has 2 aromatic rings. The number of rotatable bonds is 6. The Morgan fingerprint density at radius 3 is 2.46 bits per heavy atom. The lowest BCUT2D eigenvalue weighted by atomic mass is 9.92. The summed E-state index contributed by atoms with van der Waals surface area (Å²) in [5, 5.41) is 2.99. The van der Waals surface area contributed by atoms with E-state index in [1.54, 1.807) is 0 Å². The highest BCUT2D eigenvalue weighted by Gasteiger charge is 2.17. The van der Waals surface area contributed by atoms with E-state index in [0.717, 1.165) is 37.2 Å². The number of carbonyl (C=O) groups is 1. The molecule has 4 rings (SSSR count). The fraction of sp³-hybridized carbons (Fsp3) is 0.458. The standard InChI is InChI=1S/C24H30N2O2/c1-18(28-23-13-10-20-6-2-3-7-21(20)16-23)24(27)25-17-19-8-11-22(12-9-19)26-14-4-5-15-26/h8-13,16,18H,2-7,14-15,17H2,1H3,(H,25,27)/t18-/m1/s1. The number of carbonyl (C=O) groups excluding carboxylic acids is 1. The summed E-state index contributed by atoms with van der Waals surface area (Å²) in [4.78, 5) is 14.9. The molecule has 1 atom stereocenters. The van der Waals surface area contributed by atoms with Crippen molar-refractivity contribution in [3.63, 3.8) is 0 Å². The zero-order chi connectivity index (χ0) is 19.3. The Labute approximate surface area is 167 Å². The molecule has 4 heteroatoms.